The number of hydrogen-bond donors (Lipinski definition) is 1. The van der Waals surface area contributed by atoms with Gasteiger partial charge in [0, 0.05) is 28.4 Å². The van der Waals surface area contributed by atoms with Crippen LogP contribution in [0.3, 0.4) is 0 Å². The number of thiophene rings is 1. The molecule has 134 valence electrons. The number of carbonyl (C=O) groups is 2. The Morgan fingerprint density at radius 1 is 1.23 bits per heavy atom. The lowest BCUT2D eigenvalue weighted by atomic mass is 10.1. The minimum absolute atomic E-state index is 0.0297. The molecule has 1 N–H and O–H groups in total. The quantitative estimate of drug-likeness (QED) is 0.382. The number of hydrogen-bond acceptors (Lipinski definition) is 6. The minimum Gasteiger partial charge on any atom is -0.326 e. The molecule has 0 aliphatic heterocycles. The zero-order valence-corrected chi connectivity index (χ0v) is 16.4. The Balaban J connectivity index is 1.77. The minimum atomic E-state index is -0.273. The van der Waals surface area contributed by atoms with Gasteiger partial charge in [-0.05, 0) is 43.7 Å². The summed E-state index contributed by atoms with van der Waals surface area (Å²) >= 11 is 3.12. The number of aromatic nitrogens is 2. The number of nitrogens with zero attached hydrogens (tertiary/aromatic N) is 2. The lowest BCUT2D eigenvalue weighted by Crippen LogP contribution is -2.14. The van der Waals surface area contributed by atoms with Crippen LogP contribution in [0.5, 0.6) is 0 Å². The molecule has 3 aromatic rings. The fourth-order valence-corrected chi connectivity index (χ4v) is 4.50. The molecule has 1 aromatic carbocycles. The van der Waals surface area contributed by atoms with Gasteiger partial charge < -0.3 is 5.32 Å². The van der Waals surface area contributed by atoms with Crippen LogP contribution in [0.15, 0.2) is 41.7 Å². The van der Waals surface area contributed by atoms with Crippen molar-refractivity contribution in [2.24, 2.45) is 0 Å². The molecular weight excluding hydrogens is 366 g/mol. The van der Waals surface area contributed by atoms with Crippen molar-refractivity contribution in [1.29, 1.82) is 0 Å². The summed E-state index contributed by atoms with van der Waals surface area (Å²) in [6.07, 6.45) is 2.51. The van der Waals surface area contributed by atoms with E-state index < -0.39 is 0 Å². The molecule has 5 nitrogen and oxygen atoms in total. The summed E-state index contributed by atoms with van der Waals surface area (Å²) in [5.41, 5.74) is 1.29. The first-order chi connectivity index (χ1) is 12.5. The van der Waals surface area contributed by atoms with Gasteiger partial charge in [-0.1, -0.05) is 18.7 Å². The highest BCUT2D eigenvalue weighted by molar-refractivity contribution is 8.00. The first kappa shape index (κ1) is 18.5. The van der Waals surface area contributed by atoms with Crippen LogP contribution in [0.1, 0.15) is 36.0 Å². The lowest BCUT2D eigenvalue weighted by molar-refractivity contribution is -0.114. The Bertz CT molecular complexity index is 951. The second kappa shape index (κ2) is 7.97. The van der Waals surface area contributed by atoms with E-state index in [-0.39, 0.29) is 16.9 Å². The van der Waals surface area contributed by atoms with Gasteiger partial charge in [0.25, 0.3) is 0 Å². The Labute approximate surface area is 160 Å². The normalized spacial score (nSPS) is 12.1. The number of carbonyl (C=O) groups excluding carboxylic acids is 2. The van der Waals surface area contributed by atoms with Crippen LogP contribution in [0.4, 0.5) is 5.69 Å². The van der Waals surface area contributed by atoms with E-state index in [4.69, 9.17) is 0 Å². The molecular formula is C19H19N3O2S2. The number of rotatable bonds is 6. The molecule has 0 aliphatic rings. The Kier molecular flexibility index (Phi) is 5.68. The topological polar surface area (TPSA) is 72.0 Å². The number of benzene rings is 1. The van der Waals surface area contributed by atoms with E-state index in [9.17, 15) is 9.59 Å². The zero-order valence-electron chi connectivity index (χ0n) is 14.8. The molecule has 26 heavy (non-hydrogen) atoms. The van der Waals surface area contributed by atoms with Gasteiger partial charge in [-0.3, -0.25) is 9.59 Å². The maximum absolute atomic E-state index is 12.7. The predicted molar refractivity (Wildman–Crippen MR) is 107 cm³/mol. The fourth-order valence-electron chi connectivity index (χ4n) is 2.53. The van der Waals surface area contributed by atoms with Gasteiger partial charge >= 0.3 is 0 Å². The highest BCUT2D eigenvalue weighted by Crippen LogP contribution is 2.33. The van der Waals surface area contributed by atoms with Crippen LogP contribution in [0, 0.1) is 0 Å². The maximum atomic E-state index is 12.7. The van der Waals surface area contributed by atoms with Gasteiger partial charge in [-0.2, -0.15) is 0 Å². The summed E-state index contributed by atoms with van der Waals surface area (Å²) in [5, 5.41) is 4.27. The second-order valence-electron chi connectivity index (χ2n) is 5.85. The van der Waals surface area contributed by atoms with Crippen molar-refractivity contribution in [2.45, 2.75) is 37.5 Å². The molecule has 1 atom stereocenters. The van der Waals surface area contributed by atoms with Crippen LogP contribution in [0.2, 0.25) is 0 Å². The third kappa shape index (κ3) is 4.11. The predicted octanol–water partition coefficient (Wildman–Crippen LogP) is 4.58. The molecule has 0 spiro atoms. The Morgan fingerprint density at radius 3 is 2.62 bits per heavy atom. The third-order valence-electron chi connectivity index (χ3n) is 3.84. The highest BCUT2D eigenvalue weighted by atomic mass is 32.2. The summed E-state index contributed by atoms with van der Waals surface area (Å²) in [6.45, 7) is 5.45. The number of aryl methyl sites for hydroxylation is 1. The molecule has 0 aliphatic carbocycles. The molecule has 2 aromatic heterocycles. The largest absolute Gasteiger partial charge is 0.326 e. The van der Waals surface area contributed by atoms with E-state index in [0.29, 0.717) is 11.3 Å². The van der Waals surface area contributed by atoms with Crippen LogP contribution >= 0.6 is 23.1 Å². The molecule has 1 unspecified atom stereocenters. The average Bonchev–Trinajstić information content (AvgIpc) is 3.05. The zero-order chi connectivity index (χ0) is 18.7. The molecule has 0 bridgehead atoms. The van der Waals surface area contributed by atoms with E-state index in [2.05, 4.69) is 28.3 Å². The highest BCUT2D eigenvalue weighted by Gasteiger charge is 2.19. The fraction of sp³-hybridized carbons (Fsp3) is 0.263. The van der Waals surface area contributed by atoms with Crippen LogP contribution in [0.25, 0.3) is 10.2 Å². The maximum Gasteiger partial charge on any atom is 0.221 e. The van der Waals surface area contributed by atoms with Gasteiger partial charge in [0.1, 0.15) is 16.2 Å². The summed E-state index contributed by atoms with van der Waals surface area (Å²) in [4.78, 5) is 34.7. The second-order valence-corrected chi connectivity index (χ2v) is 8.29. The molecule has 3 rings (SSSR count). The van der Waals surface area contributed by atoms with Crippen molar-refractivity contribution in [3.8, 4) is 0 Å². The van der Waals surface area contributed by atoms with Crippen molar-refractivity contribution in [2.75, 3.05) is 5.32 Å². The van der Waals surface area contributed by atoms with Crippen LogP contribution < -0.4 is 5.32 Å². The standard InChI is InChI=1S/C19H19N3O2S2/c1-4-15-9-16-18(20-10-21-19(16)26-15)25-11(2)17(24)13-5-7-14(8-6-13)22-12(3)23/h5-11H,4H2,1-3H3,(H,22,23). The number of fused-ring (bicyclic) bond motifs is 1. The van der Waals surface area contributed by atoms with E-state index in [0.717, 1.165) is 21.7 Å². The number of anilines is 1. The summed E-state index contributed by atoms with van der Waals surface area (Å²) in [6, 6.07) is 9.06. The van der Waals surface area contributed by atoms with Gasteiger partial charge in [0.05, 0.1) is 5.25 Å². The first-order valence-electron chi connectivity index (χ1n) is 8.30. The van der Waals surface area contributed by atoms with Crippen LogP contribution in [-0.2, 0) is 11.2 Å². The van der Waals surface area contributed by atoms with Crippen molar-refractivity contribution in [1.82, 2.24) is 9.97 Å². The third-order valence-corrected chi connectivity index (χ3v) is 6.14. The molecule has 2 heterocycles. The number of Topliss-reactive ketones (excluding diaryl/α,β-unsaturated/α-hetero) is 1. The molecule has 7 heteroatoms. The van der Waals surface area contributed by atoms with Gasteiger partial charge in [0.15, 0.2) is 5.78 Å². The van der Waals surface area contributed by atoms with Gasteiger partial charge in [-0.15, -0.1) is 11.3 Å². The average molecular weight is 386 g/mol. The summed E-state index contributed by atoms with van der Waals surface area (Å²) in [7, 11) is 0. The Morgan fingerprint density at radius 2 is 1.96 bits per heavy atom. The van der Waals surface area contributed by atoms with Crippen molar-refractivity contribution >= 4 is 50.7 Å². The van der Waals surface area contributed by atoms with Crippen molar-refractivity contribution in [3.05, 3.63) is 47.1 Å². The molecule has 1 amide bonds. The monoisotopic (exact) mass is 385 g/mol. The van der Waals surface area contributed by atoms with E-state index in [1.807, 2.05) is 6.92 Å². The molecule has 0 saturated heterocycles. The summed E-state index contributed by atoms with van der Waals surface area (Å²) in [5.74, 6) is -0.106. The van der Waals surface area contributed by atoms with E-state index in [1.165, 1.54) is 23.6 Å². The SMILES string of the molecule is CCc1cc2c(SC(C)C(=O)c3ccc(NC(C)=O)cc3)ncnc2s1. The lowest BCUT2D eigenvalue weighted by Gasteiger charge is -2.11. The van der Waals surface area contributed by atoms with Crippen molar-refractivity contribution in [3.63, 3.8) is 0 Å². The number of thioether (sulfide) groups is 1. The molecule has 0 fully saturated rings. The van der Waals surface area contributed by atoms with E-state index in [1.54, 1.807) is 41.9 Å². The Hall–Kier alpha value is -2.25. The summed E-state index contributed by atoms with van der Waals surface area (Å²) < 4.78 is 0. The van der Waals surface area contributed by atoms with Crippen molar-refractivity contribution < 1.29 is 9.59 Å². The molecule has 0 saturated carbocycles. The van der Waals surface area contributed by atoms with Gasteiger partial charge in [-0.25, -0.2) is 9.97 Å². The smallest absolute Gasteiger partial charge is 0.221 e. The number of ketones is 1. The molecule has 0 radical (unpaired) electrons. The number of nitrogens with one attached hydrogen (secondary N) is 1. The van der Waals surface area contributed by atoms with E-state index >= 15 is 0 Å². The number of amides is 1. The van der Waals surface area contributed by atoms with Crippen LogP contribution in [-0.4, -0.2) is 26.9 Å². The first-order valence-corrected chi connectivity index (χ1v) is 9.99. The van der Waals surface area contributed by atoms with Gasteiger partial charge in [0.2, 0.25) is 5.91 Å².